The van der Waals surface area contributed by atoms with Crippen LogP contribution in [-0.2, 0) is 15.1 Å². The van der Waals surface area contributed by atoms with Crippen LogP contribution in [0.15, 0.2) is 84.9 Å². The van der Waals surface area contributed by atoms with Crippen molar-refractivity contribution in [2.75, 3.05) is 11.9 Å². The molecule has 1 aliphatic heterocycles. The molecule has 1 aliphatic carbocycles. The van der Waals surface area contributed by atoms with Crippen molar-refractivity contribution in [3.63, 3.8) is 0 Å². The Morgan fingerprint density at radius 2 is 1.41 bits per heavy atom. The average molecular weight is 497 g/mol. The number of para-hydroxylation sites is 1. The van der Waals surface area contributed by atoms with Gasteiger partial charge >= 0.3 is 6.03 Å². The van der Waals surface area contributed by atoms with Crippen molar-refractivity contribution in [3.8, 4) is 0 Å². The molecule has 5 amide bonds. The van der Waals surface area contributed by atoms with Crippen LogP contribution in [0.1, 0.15) is 47.2 Å². The molecule has 0 spiro atoms. The number of imide groups is 1. The molecule has 8 heteroatoms. The Hall–Kier alpha value is -4.46. The van der Waals surface area contributed by atoms with Crippen LogP contribution in [-0.4, -0.2) is 41.2 Å². The maximum absolute atomic E-state index is 13.8. The summed E-state index contributed by atoms with van der Waals surface area (Å²) in [5.74, 6) is -1.39. The fourth-order valence-electron chi connectivity index (χ4n) is 5.11. The lowest BCUT2D eigenvalue weighted by atomic mass is 9.82. The van der Waals surface area contributed by atoms with Crippen LogP contribution in [0, 0.1) is 0 Å². The molecule has 0 atom stereocenters. The first-order valence-electron chi connectivity index (χ1n) is 12.4. The minimum atomic E-state index is -1.45. The molecule has 8 nitrogen and oxygen atoms in total. The van der Waals surface area contributed by atoms with E-state index < -0.39 is 29.9 Å². The van der Waals surface area contributed by atoms with E-state index in [9.17, 15) is 19.2 Å². The second-order valence-corrected chi connectivity index (χ2v) is 9.35. The molecular formula is C29H28N4O4. The molecule has 0 bridgehead atoms. The van der Waals surface area contributed by atoms with Gasteiger partial charge in [0.1, 0.15) is 6.54 Å². The number of nitrogens with zero attached hydrogens (tertiary/aromatic N) is 1. The lowest BCUT2D eigenvalue weighted by Crippen LogP contribution is -2.45. The first-order valence-corrected chi connectivity index (χ1v) is 12.4. The number of rotatable bonds is 7. The molecule has 1 saturated carbocycles. The maximum atomic E-state index is 13.8. The third-order valence-electron chi connectivity index (χ3n) is 6.96. The quantitative estimate of drug-likeness (QED) is 0.433. The molecule has 188 valence electrons. The van der Waals surface area contributed by atoms with Crippen molar-refractivity contribution in [1.29, 1.82) is 0 Å². The second kappa shape index (κ2) is 10.3. The first kappa shape index (κ1) is 24.2. The molecular weight excluding hydrogens is 468 g/mol. The molecule has 3 N–H and O–H groups in total. The van der Waals surface area contributed by atoms with Gasteiger partial charge in [0.25, 0.3) is 11.8 Å². The molecule has 2 fully saturated rings. The van der Waals surface area contributed by atoms with Crippen LogP contribution in [0.3, 0.4) is 0 Å². The Morgan fingerprint density at radius 1 is 0.838 bits per heavy atom. The van der Waals surface area contributed by atoms with Gasteiger partial charge in [0, 0.05) is 6.04 Å². The van der Waals surface area contributed by atoms with Crippen molar-refractivity contribution in [2.45, 2.75) is 37.3 Å². The Labute approximate surface area is 215 Å². The summed E-state index contributed by atoms with van der Waals surface area (Å²) in [4.78, 5) is 53.7. The fraction of sp³-hybridized carbons (Fsp3) is 0.241. The predicted octanol–water partition coefficient (Wildman–Crippen LogP) is 3.79. The van der Waals surface area contributed by atoms with Gasteiger partial charge in [-0.1, -0.05) is 85.6 Å². The number of anilines is 1. The number of amides is 5. The molecule has 0 aromatic heterocycles. The average Bonchev–Trinajstić information content (AvgIpc) is 3.52. The molecule has 0 radical (unpaired) electrons. The SMILES string of the molecule is O=C(CN1C(=O)NC(c2ccccc2)(c2ccccc2)C1=O)Nc1ccccc1C(=O)NC1CCCC1. The van der Waals surface area contributed by atoms with E-state index in [2.05, 4.69) is 16.0 Å². The van der Waals surface area contributed by atoms with Gasteiger partial charge in [-0.2, -0.15) is 0 Å². The Balaban J connectivity index is 1.36. The summed E-state index contributed by atoms with van der Waals surface area (Å²) in [7, 11) is 0. The van der Waals surface area contributed by atoms with E-state index in [0.717, 1.165) is 30.6 Å². The minimum absolute atomic E-state index is 0.131. The van der Waals surface area contributed by atoms with Crippen molar-refractivity contribution in [3.05, 3.63) is 102 Å². The van der Waals surface area contributed by atoms with Crippen LogP contribution in [0.2, 0.25) is 0 Å². The van der Waals surface area contributed by atoms with Crippen LogP contribution >= 0.6 is 0 Å². The van der Waals surface area contributed by atoms with E-state index in [0.29, 0.717) is 22.4 Å². The van der Waals surface area contributed by atoms with Crippen molar-refractivity contribution in [2.24, 2.45) is 0 Å². The lowest BCUT2D eigenvalue weighted by molar-refractivity contribution is -0.133. The zero-order valence-corrected chi connectivity index (χ0v) is 20.3. The summed E-state index contributed by atoms with van der Waals surface area (Å²) in [6.45, 7) is -0.495. The fourth-order valence-corrected chi connectivity index (χ4v) is 5.11. The third kappa shape index (κ3) is 4.70. The Bertz CT molecular complexity index is 1280. The van der Waals surface area contributed by atoms with Crippen LogP contribution in [0.4, 0.5) is 10.5 Å². The van der Waals surface area contributed by atoms with Gasteiger partial charge in [0.05, 0.1) is 11.3 Å². The zero-order chi connectivity index (χ0) is 25.8. The van der Waals surface area contributed by atoms with Gasteiger partial charge in [0.15, 0.2) is 5.54 Å². The number of carbonyl (C=O) groups excluding carboxylic acids is 4. The number of hydrogen-bond acceptors (Lipinski definition) is 4. The van der Waals surface area contributed by atoms with Crippen LogP contribution < -0.4 is 16.0 Å². The molecule has 5 rings (SSSR count). The summed E-state index contributed by atoms with van der Waals surface area (Å²) in [6, 6.07) is 24.1. The third-order valence-corrected chi connectivity index (χ3v) is 6.96. The zero-order valence-electron chi connectivity index (χ0n) is 20.3. The highest BCUT2D eigenvalue weighted by atomic mass is 16.2. The Morgan fingerprint density at radius 3 is 2.03 bits per heavy atom. The summed E-state index contributed by atoms with van der Waals surface area (Å²) in [5.41, 5.74) is 0.405. The molecule has 2 aliphatic rings. The topological polar surface area (TPSA) is 108 Å². The van der Waals surface area contributed by atoms with Crippen molar-refractivity contribution < 1.29 is 19.2 Å². The smallest absolute Gasteiger partial charge is 0.326 e. The van der Waals surface area contributed by atoms with E-state index in [4.69, 9.17) is 0 Å². The predicted molar refractivity (Wildman–Crippen MR) is 139 cm³/mol. The lowest BCUT2D eigenvalue weighted by Gasteiger charge is -2.28. The molecule has 1 saturated heterocycles. The highest BCUT2D eigenvalue weighted by molar-refractivity contribution is 6.12. The minimum Gasteiger partial charge on any atom is -0.349 e. The van der Waals surface area contributed by atoms with Crippen molar-refractivity contribution >= 4 is 29.4 Å². The first-order chi connectivity index (χ1) is 18.0. The maximum Gasteiger partial charge on any atom is 0.326 e. The summed E-state index contributed by atoms with van der Waals surface area (Å²) < 4.78 is 0. The number of carbonyl (C=O) groups is 4. The molecule has 37 heavy (non-hydrogen) atoms. The normalized spacial score (nSPS) is 16.9. The second-order valence-electron chi connectivity index (χ2n) is 9.35. The van der Waals surface area contributed by atoms with E-state index in [1.165, 1.54) is 0 Å². The van der Waals surface area contributed by atoms with Gasteiger partial charge in [-0.25, -0.2) is 4.79 Å². The van der Waals surface area contributed by atoms with Gasteiger partial charge in [-0.3, -0.25) is 19.3 Å². The van der Waals surface area contributed by atoms with E-state index in [-0.39, 0.29) is 11.9 Å². The molecule has 3 aromatic carbocycles. The monoisotopic (exact) mass is 496 g/mol. The van der Waals surface area contributed by atoms with Crippen molar-refractivity contribution in [1.82, 2.24) is 15.5 Å². The van der Waals surface area contributed by atoms with Gasteiger partial charge in [-0.05, 0) is 36.1 Å². The van der Waals surface area contributed by atoms with Gasteiger partial charge in [-0.15, -0.1) is 0 Å². The standard InChI is InChI=1S/C29H28N4O4/c34-25(31-24-18-10-9-17-23(24)26(35)30-22-15-7-8-16-22)19-33-27(36)29(32-28(33)37,20-11-3-1-4-12-20)21-13-5-2-6-14-21/h1-6,9-14,17-18,22H,7-8,15-16,19H2,(H,30,35)(H,31,34)(H,32,37). The molecule has 0 unspecified atom stereocenters. The van der Waals surface area contributed by atoms with Gasteiger partial charge in [0.2, 0.25) is 5.91 Å². The van der Waals surface area contributed by atoms with E-state index in [1.54, 1.807) is 72.8 Å². The summed E-state index contributed by atoms with van der Waals surface area (Å²) in [5, 5.41) is 8.57. The van der Waals surface area contributed by atoms with E-state index >= 15 is 0 Å². The number of hydrogen-bond donors (Lipinski definition) is 3. The van der Waals surface area contributed by atoms with Crippen LogP contribution in [0.5, 0.6) is 0 Å². The number of urea groups is 1. The highest BCUT2D eigenvalue weighted by Crippen LogP contribution is 2.36. The van der Waals surface area contributed by atoms with Crippen LogP contribution in [0.25, 0.3) is 0 Å². The Kier molecular flexibility index (Phi) is 6.72. The number of benzene rings is 3. The molecule has 3 aromatic rings. The van der Waals surface area contributed by atoms with Gasteiger partial charge < -0.3 is 16.0 Å². The summed E-state index contributed by atoms with van der Waals surface area (Å²) in [6.07, 6.45) is 4.06. The highest BCUT2D eigenvalue weighted by Gasteiger charge is 2.54. The largest absolute Gasteiger partial charge is 0.349 e. The molecule has 1 heterocycles. The summed E-state index contributed by atoms with van der Waals surface area (Å²) >= 11 is 0. The van der Waals surface area contributed by atoms with E-state index in [1.807, 2.05) is 12.1 Å². The number of nitrogens with one attached hydrogen (secondary N) is 3.